The summed E-state index contributed by atoms with van der Waals surface area (Å²) in [6, 6.07) is 4.54. The molecular weight excluding hydrogens is 417 g/mol. The minimum atomic E-state index is -0.520. The van der Waals surface area contributed by atoms with E-state index in [2.05, 4.69) is 28.2 Å². The highest BCUT2D eigenvalue weighted by molar-refractivity contribution is 6.30. The van der Waals surface area contributed by atoms with Crippen LogP contribution in [-0.2, 0) is 4.79 Å². The van der Waals surface area contributed by atoms with Crippen molar-refractivity contribution < 1.29 is 9.18 Å². The molecule has 0 bridgehead atoms. The summed E-state index contributed by atoms with van der Waals surface area (Å²) in [5, 5.41) is 21.0. The largest absolute Gasteiger partial charge is 0.391 e. The summed E-state index contributed by atoms with van der Waals surface area (Å²) in [5.41, 5.74) is 2.74. The number of amidine groups is 1. The first-order chi connectivity index (χ1) is 14.9. The Bertz CT molecular complexity index is 839. The number of nitrogens with one attached hydrogen (secondary N) is 5. The first-order valence-electron chi connectivity index (χ1n) is 11.1. The van der Waals surface area contributed by atoms with E-state index in [-0.39, 0.29) is 10.9 Å². The Morgan fingerprint density at radius 3 is 2.68 bits per heavy atom. The van der Waals surface area contributed by atoms with E-state index >= 15 is 0 Å². The van der Waals surface area contributed by atoms with Gasteiger partial charge in [0.2, 0.25) is 5.91 Å². The molecule has 170 valence electrons. The molecule has 1 saturated carbocycles. The van der Waals surface area contributed by atoms with Crippen molar-refractivity contribution in [1.29, 1.82) is 5.41 Å². The summed E-state index contributed by atoms with van der Waals surface area (Å²) < 4.78 is 14.0. The molecular formula is C23H33ClFN5O. The molecule has 6 nitrogen and oxygen atoms in total. The Kier molecular flexibility index (Phi) is 8.32. The number of benzene rings is 1. The van der Waals surface area contributed by atoms with Gasteiger partial charge in [0.05, 0.1) is 10.9 Å². The third-order valence-corrected chi connectivity index (χ3v) is 6.39. The normalized spacial score (nSPS) is 19.3. The maximum absolute atomic E-state index is 14.0. The van der Waals surface area contributed by atoms with Crippen LogP contribution in [0.4, 0.5) is 4.39 Å². The lowest BCUT2D eigenvalue weighted by Crippen LogP contribution is -2.40. The first-order valence-corrected chi connectivity index (χ1v) is 11.5. The highest BCUT2D eigenvalue weighted by atomic mass is 35.5. The van der Waals surface area contributed by atoms with Crippen molar-refractivity contribution in [2.45, 2.75) is 38.5 Å². The number of carbonyl (C=O) groups excluding carboxylic acids is 1. The minimum Gasteiger partial charge on any atom is -0.391 e. The van der Waals surface area contributed by atoms with E-state index in [1.807, 2.05) is 7.05 Å². The minimum absolute atomic E-state index is 0.0490. The second-order valence-corrected chi connectivity index (χ2v) is 8.91. The van der Waals surface area contributed by atoms with E-state index in [1.54, 1.807) is 6.07 Å². The highest BCUT2D eigenvalue weighted by Gasteiger charge is 2.26. The topological polar surface area (TPSA) is 89.0 Å². The zero-order valence-electron chi connectivity index (χ0n) is 18.3. The van der Waals surface area contributed by atoms with Crippen LogP contribution in [0, 0.1) is 23.1 Å². The van der Waals surface area contributed by atoms with Gasteiger partial charge in [-0.1, -0.05) is 24.6 Å². The summed E-state index contributed by atoms with van der Waals surface area (Å²) in [7, 11) is 1.89. The second-order valence-electron chi connectivity index (χ2n) is 8.50. The van der Waals surface area contributed by atoms with Crippen LogP contribution in [0.1, 0.15) is 44.1 Å². The van der Waals surface area contributed by atoms with Gasteiger partial charge in [-0.25, -0.2) is 4.39 Å². The lowest BCUT2D eigenvalue weighted by molar-refractivity contribution is -0.122. The van der Waals surface area contributed by atoms with Crippen LogP contribution in [0.5, 0.6) is 0 Å². The Balaban J connectivity index is 1.53. The van der Waals surface area contributed by atoms with Gasteiger partial charge in [-0.2, -0.15) is 0 Å². The zero-order valence-corrected chi connectivity index (χ0v) is 19.0. The van der Waals surface area contributed by atoms with Gasteiger partial charge in [-0.15, -0.1) is 0 Å². The quantitative estimate of drug-likeness (QED) is 0.204. The molecule has 1 amide bonds. The Morgan fingerprint density at radius 2 is 2.00 bits per heavy atom. The van der Waals surface area contributed by atoms with Gasteiger partial charge in [0.15, 0.2) is 0 Å². The van der Waals surface area contributed by atoms with Crippen molar-refractivity contribution in [2.24, 2.45) is 11.8 Å². The number of carbonyl (C=O) groups is 1. The van der Waals surface area contributed by atoms with E-state index in [0.717, 1.165) is 30.7 Å². The fourth-order valence-corrected chi connectivity index (χ4v) is 4.15. The maximum Gasteiger partial charge on any atom is 0.228 e. The lowest BCUT2D eigenvalue weighted by atomic mass is 9.97. The number of rotatable bonds is 11. The Hall–Kier alpha value is -2.12. The molecule has 2 aliphatic rings. The van der Waals surface area contributed by atoms with Crippen LogP contribution in [-0.4, -0.2) is 45.0 Å². The third kappa shape index (κ3) is 6.43. The standard InChI is InChI=1S/C23H33ClFN5O/c1-14-3-8-20(27-2)21(14)22(26)29-9-10-30-23(31)17(13-28-12-15-4-5-15)16-6-7-18(24)19(25)11-16/h6-7,11,14-15,17,27-28H,3-5,8-10,12-13H2,1-2H3,(H2,26,29)(H,30,31)/t14-,17-/m1/s1. The average Bonchev–Trinajstić information content (AvgIpc) is 3.50. The molecule has 1 aromatic carbocycles. The van der Waals surface area contributed by atoms with Gasteiger partial charge in [0, 0.05) is 38.0 Å². The van der Waals surface area contributed by atoms with E-state index in [4.69, 9.17) is 17.0 Å². The van der Waals surface area contributed by atoms with Crippen LogP contribution in [0.15, 0.2) is 29.5 Å². The molecule has 2 atom stereocenters. The molecule has 0 saturated heterocycles. The van der Waals surface area contributed by atoms with Crippen LogP contribution in [0.2, 0.25) is 5.02 Å². The molecule has 1 aromatic rings. The monoisotopic (exact) mass is 449 g/mol. The van der Waals surface area contributed by atoms with Gasteiger partial charge in [0.25, 0.3) is 0 Å². The molecule has 0 heterocycles. The van der Waals surface area contributed by atoms with Crippen molar-refractivity contribution >= 4 is 23.3 Å². The van der Waals surface area contributed by atoms with Gasteiger partial charge in [-0.3, -0.25) is 10.2 Å². The molecule has 1 fully saturated rings. The predicted octanol–water partition coefficient (Wildman–Crippen LogP) is 3.15. The molecule has 3 rings (SSSR count). The Morgan fingerprint density at radius 1 is 1.26 bits per heavy atom. The molecule has 0 aliphatic heterocycles. The average molecular weight is 450 g/mol. The Labute approximate surface area is 188 Å². The number of allylic oxidation sites excluding steroid dienone is 1. The smallest absolute Gasteiger partial charge is 0.228 e. The molecule has 0 radical (unpaired) electrons. The van der Waals surface area contributed by atoms with Gasteiger partial charge in [-0.05, 0) is 61.8 Å². The van der Waals surface area contributed by atoms with Crippen LogP contribution in [0.25, 0.3) is 0 Å². The number of halogens is 2. The molecule has 0 aromatic heterocycles. The predicted molar refractivity (Wildman–Crippen MR) is 123 cm³/mol. The number of hydrogen-bond acceptors (Lipinski definition) is 4. The number of hydrogen-bond donors (Lipinski definition) is 5. The van der Waals surface area contributed by atoms with Crippen molar-refractivity contribution in [3.63, 3.8) is 0 Å². The van der Waals surface area contributed by atoms with Crippen molar-refractivity contribution in [3.8, 4) is 0 Å². The van der Waals surface area contributed by atoms with Gasteiger partial charge >= 0.3 is 0 Å². The van der Waals surface area contributed by atoms with Gasteiger partial charge in [0.1, 0.15) is 11.7 Å². The van der Waals surface area contributed by atoms with Crippen LogP contribution >= 0.6 is 11.6 Å². The summed E-state index contributed by atoms with van der Waals surface area (Å²) in [6.45, 7) is 4.28. The van der Waals surface area contributed by atoms with E-state index in [0.29, 0.717) is 42.9 Å². The van der Waals surface area contributed by atoms with E-state index in [9.17, 15) is 9.18 Å². The van der Waals surface area contributed by atoms with E-state index in [1.165, 1.54) is 25.0 Å². The van der Waals surface area contributed by atoms with Crippen molar-refractivity contribution in [2.75, 3.05) is 33.2 Å². The highest BCUT2D eigenvalue weighted by Crippen LogP contribution is 2.30. The van der Waals surface area contributed by atoms with E-state index < -0.39 is 11.7 Å². The van der Waals surface area contributed by atoms with Crippen LogP contribution < -0.4 is 21.3 Å². The number of amides is 1. The molecule has 0 spiro atoms. The fraction of sp³-hybridized carbons (Fsp3) is 0.565. The molecule has 2 aliphatic carbocycles. The van der Waals surface area contributed by atoms with Crippen LogP contribution in [0.3, 0.4) is 0 Å². The third-order valence-electron chi connectivity index (χ3n) is 6.08. The summed E-state index contributed by atoms with van der Waals surface area (Å²) in [5.74, 6) is 0.259. The maximum atomic E-state index is 14.0. The lowest BCUT2D eigenvalue weighted by Gasteiger charge is -2.19. The van der Waals surface area contributed by atoms with Gasteiger partial charge < -0.3 is 21.3 Å². The molecule has 0 unspecified atom stereocenters. The van der Waals surface area contributed by atoms with Crippen molar-refractivity contribution in [3.05, 3.63) is 45.9 Å². The first kappa shape index (κ1) is 23.5. The van der Waals surface area contributed by atoms with Crippen molar-refractivity contribution in [1.82, 2.24) is 21.3 Å². The summed E-state index contributed by atoms with van der Waals surface area (Å²) in [6.07, 6.45) is 4.45. The summed E-state index contributed by atoms with van der Waals surface area (Å²) >= 11 is 5.81. The molecule has 31 heavy (non-hydrogen) atoms. The zero-order chi connectivity index (χ0) is 22.4. The summed E-state index contributed by atoms with van der Waals surface area (Å²) in [4.78, 5) is 12.9. The fourth-order valence-electron chi connectivity index (χ4n) is 4.03. The second kappa shape index (κ2) is 11.0. The SMILES string of the molecule is CNC1=C(C(=N)NCCNC(=O)[C@H](CNCC2CC2)c2ccc(Cl)c(F)c2)[C@H](C)CC1. The molecule has 8 heteroatoms. The molecule has 5 N–H and O–H groups in total.